The monoisotopic (exact) mass is 265 g/mol. The molecular weight excluding hydrogens is 246 g/mol. The molecule has 0 radical (unpaired) electrons. The van der Waals surface area contributed by atoms with Gasteiger partial charge in [0.2, 0.25) is 5.88 Å². The van der Waals surface area contributed by atoms with E-state index in [1.165, 1.54) is 9.75 Å². The van der Waals surface area contributed by atoms with Crippen molar-refractivity contribution in [3.63, 3.8) is 0 Å². The molecule has 2 aromatic heterocycles. The summed E-state index contributed by atoms with van der Waals surface area (Å²) in [5.41, 5.74) is 0.998. The maximum atomic E-state index is 5.27. The second-order valence-electron chi connectivity index (χ2n) is 4.17. The van der Waals surface area contributed by atoms with Crippen molar-refractivity contribution >= 4 is 11.3 Å². The van der Waals surface area contributed by atoms with Crippen molar-refractivity contribution in [3.05, 3.63) is 33.6 Å². The van der Waals surface area contributed by atoms with Gasteiger partial charge in [0, 0.05) is 22.9 Å². The van der Waals surface area contributed by atoms with E-state index in [1.807, 2.05) is 13.1 Å². The fraction of sp³-hybridized carbons (Fsp3) is 0.462. The SMILES string of the molecule is CCNC(c1cc(OC)n(C)n1)c1ccc(C)s1. The molecule has 0 saturated carbocycles. The lowest BCUT2D eigenvalue weighted by molar-refractivity contribution is 0.373. The van der Waals surface area contributed by atoms with Gasteiger partial charge in [-0.2, -0.15) is 5.10 Å². The molecule has 2 aromatic rings. The first-order valence-corrected chi connectivity index (χ1v) is 6.85. The first-order chi connectivity index (χ1) is 8.65. The molecule has 1 unspecified atom stereocenters. The van der Waals surface area contributed by atoms with E-state index in [0.717, 1.165) is 18.1 Å². The van der Waals surface area contributed by atoms with Crippen molar-refractivity contribution in [2.75, 3.05) is 13.7 Å². The lowest BCUT2D eigenvalue weighted by atomic mass is 10.1. The zero-order chi connectivity index (χ0) is 13.1. The van der Waals surface area contributed by atoms with Gasteiger partial charge in [0.1, 0.15) is 0 Å². The van der Waals surface area contributed by atoms with Gasteiger partial charge in [-0.05, 0) is 25.6 Å². The molecule has 0 aromatic carbocycles. The molecule has 2 heterocycles. The lowest BCUT2D eigenvalue weighted by Crippen LogP contribution is -2.21. The summed E-state index contributed by atoms with van der Waals surface area (Å²) in [6, 6.07) is 6.44. The molecule has 0 aliphatic rings. The number of ether oxygens (including phenoxy) is 1. The second-order valence-corrected chi connectivity index (χ2v) is 5.49. The zero-order valence-electron chi connectivity index (χ0n) is 11.2. The van der Waals surface area contributed by atoms with Crippen molar-refractivity contribution in [1.82, 2.24) is 15.1 Å². The van der Waals surface area contributed by atoms with Crippen LogP contribution in [0.5, 0.6) is 5.88 Å². The Balaban J connectivity index is 2.34. The van der Waals surface area contributed by atoms with E-state index in [9.17, 15) is 0 Å². The average molecular weight is 265 g/mol. The van der Waals surface area contributed by atoms with Crippen LogP contribution in [-0.2, 0) is 7.05 Å². The molecule has 5 heteroatoms. The quantitative estimate of drug-likeness (QED) is 0.903. The Morgan fingerprint density at radius 2 is 2.28 bits per heavy atom. The number of aryl methyl sites for hydroxylation is 2. The maximum absolute atomic E-state index is 5.27. The Morgan fingerprint density at radius 3 is 2.78 bits per heavy atom. The second kappa shape index (κ2) is 5.54. The summed E-state index contributed by atoms with van der Waals surface area (Å²) in [5.74, 6) is 0.779. The fourth-order valence-corrected chi connectivity index (χ4v) is 2.93. The van der Waals surface area contributed by atoms with Crippen molar-refractivity contribution in [2.45, 2.75) is 19.9 Å². The normalized spacial score (nSPS) is 12.7. The smallest absolute Gasteiger partial charge is 0.211 e. The van der Waals surface area contributed by atoms with Crippen LogP contribution >= 0.6 is 11.3 Å². The van der Waals surface area contributed by atoms with Gasteiger partial charge in [-0.15, -0.1) is 11.3 Å². The van der Waals surface area contributed by atoms with Crippen LogP contribution < -0.4 is 10.1 Å². The van der Waals surface area contributed by atoms with E-state index in [1.54, 1.807) is 23.1 Å². The number of nitrogens with one attached hydrogen (secondary N) is 1. The minimum absolute atomic E-state index is 0.142. The molecule has 98 valence electrons. The van der Waals surface area contributed by atoms with Gasteiger partial charge in [0.25, 0.3) is 0 Å². The summed E-state index contributed by atoms with van der Waals surface area (Å²) in [6.07, 6.45) is 0. The van der Waals surface area contributed by atoms with E-state index in [0.29, 0.717) is 0 Å². The Bertz CT molecular complexity index is 518. The van der Waals surface area contributed by atoms with Gasteiger partial charge in [-0.1, -0.05) is 6.92 Å². The predicted molar refractivity (Wildman–Crippen MR) is 74.3 cm³/mol. The highest BCUT2D eigenvalue weighted by Gasteiger charge is 2.19. The third-order valence-corrected chi connectivity index (χ3v) is 3.88. The van der Waals surface area contributed by atoms with Crippen molar-refractivity contribution in [1.29, 1.82) is 0 Å². The number of hydrogen-bond donors (Lipinski definition) is 1. The van der Waals surface area contributed by atoms with E-state index in [4.69, 9.17) is 4.74 Å². The van der Waals surface area contributed by atoms with Crippen molar-refractivity contribution < 1.29 is 4.74 Å². The van der Waals surface area contributed by atoms with Gasteiger partial charge < -0.3 is 10.1 Å². The highest BCUT2D eigenvalue weighted by molar-refractivity contribution is 7.12. The summed E-state index contributed by atoms with van der Waals surface area (Å²) in [4.78, 5) is 2.60. The summed E-state index contributed by atoms with van der Waals surface area (Å²) in [6.45, 7) is 5.13. The lowest BCUT2D eigenvalue weighted by Gasteiger charge is -2.13. The third kappa shape index (κ3) is 2.57. The predicted octanol–water partition coefficient (Wildman–Crippen LogP) is 2.50. The highest BCUT2D eigenvalue weighted by Crippen LogP contribution is 2.29. The van der Waals surface area contributed by atoms with Crippen molar-refractivity contribution in [2.24, 2.45) is 7.05 Å². The van der Waals surface area contributed by atoms with Crippen LogP contribution in [-0.4, -0.2) is 23.4 Å². The van der Waals surface area contributed by atoms with Crippen LogP contribution in [0.2, 0.25) is 0 Å². The van der Waals surface area contributed by atoms with Crippen molar-refractivity contribution in [3.8, 4) is 5.88 Å². The first-order valence-electron chi connectivity index (χ1n) is 6.03. The van der Waals surface area contributed by atoms with E-state index in [2.05, 4.69) is 36.4 Å². The van der Waals surface area contributed by atoms with Crippen LogP contribution in [0.25, 0.3) is 0 Å². The van der Waals surface area contributed by atoms with Crippen LogP contribution in [0.1, 0.15) is 28.4 Å². The summed E-state index contributed by atoms with van der Waals surface area (Å²) in [7, 11) is 3.56. The number of thiophene rings is 1. The van der Waals surface area contributed by atoms with E-state index in [-0.39, 0.29) is 6.04 Å². The first kappa shape index (κ1) is 13.1. The maximum Gasteiger partial charge on any atom is 0.211 e. The molecule has 0 saturated heterocycles. The standard InChI is InChI=1S/C13H19N3OS/c1-5-14-13(11-7-6-9(2)18-11)10-8-12(17-4)16(3)15-10/h6-8,13-14H,5H2,1-4H3. The van der Waals surface area contributed by atoms with Gasteiger partial charge in [-0.3, -0.25) is 0 Å². The molecule has 0 aliphatic carbocycles. The minimum atomic E-state index is 0.142. The largest absolute Gasteiger partial charge is 0.481 e. The van der Waals surface area contributed by atoms with Gasteiger partial charge in [0.05, 0.1) is 18.8 Å². The van der Waals surface area contributed by atoms with Crippen LogP contribution in [0.3, 0.4) is 0 Å². The Hall–Kier alpha value is -1.33. The number of methoxy groups -OCH3 is 1. The van der Waals surface area contributed by atoms with Gasteiger partial charge >= 0.3 is 0 Å². The van der Waals surface area contributed by atoms with Crippen LogP contribution in [0, 0.1) is 6.92 Å². The van der Waals surface area contributed by atoms with Gasteiger partial charge in [0.15, 0.2) is 0 Å². The Labute approximate surface area is 112 Å². The number of rotatable bonds is 5. The Kier molecular flexibility index (Phi) is 4.04. The summed E-state index contributed by atoms with van der Waals surface area (Å²) >= 11 is 1.80. The molecule has 4 nitrogen and oxygen atoms in total. The number of hydrogen-bond acceptors (Lipinski definition) is 4. The molecule has 2 rings (SSSR count). The minimum Gasteiger partial charge on any atom is -0.481 e. The molecule has 0 fully saturated rings. The fourth-order valence-electron chi connectivity index (χ4n) is 1.97. The molecule has 18 heavy (non-hydrogen) atoms. The number of aromatic nitrogens is 2. The number of nitrogens with zero attached hydrogens (tertiary/aromatic N) is 2. The van der Waals surface area contributed by atoms with Crippen LogP contribution in [0.4, 0.5) is 0 Å². The molecule has 1 atom stereocenters. The molecule has 0 bridgehead atoms. The third-order valence-electron chi connectivity index (χ3n) is 2.81. The highest BCUT2D eigenvalue weighted by atomic mass is 32.1. The van der Waals surface area contributed by atoms with E-state index < -0.39 is 0 Å². The van der Waals surface area contributed by atoms with Crippen LogP contribution in [0.15, 0.2) is 18.2 Å². The average Bonchev–Trinajstić information content (AvgIpc) is 2.92. The van der Waals surface area contributed by atoms with Gasteiger partial charge in [-0.25, -0.2) is 4.68 Å². The molecule has 0 amide bonds. The summed E-state index contributed by atoms with van der Waals surface area (Å²) < 4.78 is 7.04. The molecule has 0 aliphatic heterocycles. The Morgan fingerprint density at radius 1 is 1.50 bits per heavy atom. The topological polar surface area (TPSA) is 39.1 Å². The molecular formula is C13H19N3OS. The summed E-state index contributed by atoms with van der Waals surface area (Å²) in [5, 5.41) is 7.99. The molecule has 0 spiro atoms. The zero-order valence-corrected chi connectivity index (χ0v) is 12.0. The van der Waals surface area contributed by atoms with E-state index >= 15 is 0 Å². The molecule has 1 N–H and O–H groups in total.